The van der Waals surface area contributed by atoms with E-state index in [4.69, 9.17) is 0 Å². The lowest BCUT2D eigenvalue weighted by atomic mass is 9.94. The largest absolute Gasteiger partial charge is 0.507 e. The van der Waals surface area contributed by atoms with Crippen LogP contribution in [0.15, 0.2) is 55.6 Å². The van der Waals surface area contributed by atoms with Gasteiger partial charge in [-0.25, -0.2) is 0 Å². The number of phenols is 2. The molecular formula is C24H29NO3. The smallest absolute Gasteiger partial charge is 0.128 e. The quantitative estimate of drug-likeness (QED) is 0.602. The number of phenolic OH excluding ortho intramolecular Hbond substituents is 2. The number of rotatable bonds is 8. The van der Waals surface area contributed by atoms with Crippen LogP contribution in [0.5, 0.6) is 11.5 Å². The zero-order chi connectivity index (χ0) is 20.1. The summed E-state index contributed by atoms with van der Waals surface area (Å²) in [5, 5.41) is 31.1. The van der Waals surface area contributed by atoms with E-state index >= 15 is 0 Å². The molecule has 1 saturated heterocycles. The van der Waals surface area contributed by atoms with Crippen molar-refractivity contribution in [3.05, 3.63) is 72.3 Å². The summed E-state index contributed by atoms with van der Waals surface area (Å²) in [7, 11) is 0. The standard InChI is InChI=1S/C24H29NO3/c1-3-6-17-9-10-23(27)21(13-17)22-14-18(7-4-2)12-19(24(22)28)15-25-11-5-8-20(25)16-26/h3-4,9-10,12-14,20,26-28H,1-2,5-8,11,15-16H2/t20-/m1/s1. The summed E-state index contributed by atoms with van der Waals surface area (Å²) in [5.74, 6) is 0.321. The lowest BCUT2D eigenvalue weighted by Gasteiger charge is -2.24. The minimum atomic E-state index is 0.129. The maximum atomic E-state index is 11.1. The predicted molar refractivity (Wildman–Crippen MR) is 114 cm³/mol. The number of nitrogens with zero attached hydrogens (tertiary/aromatic N) is 1. The number of benzene rings is 2. The maximum Gasteiger partial charge on any atom is 0.128 e. The van der Waals surface area contributed by atoms with Gasteiger partial charge in [-0.3, -0.25) is 4.90 Å². The zero-order valence-electron chi connectivity index (χ0n) is 16.3. The highest BCUT2D eigenvalue weighted by atomic mass is 16.3. The van der Waals surface area contributed by atoms with E-state index in [9.17, 15) is 15.3 Å². The summed E-state index contributed by atoms with van der Waals surface area (Å²) in [4.78, 5) is 2.21. The minimum Gasteiger partial charge on any atom is -0.507 e. The van der Waals surface area contributed by atoms with Crippen molar-refractivity contribution in [1.82, 2.24) is 4.90 Å². The first-order chi connectivity index (χ1) is 13.6. The van der Waals surface area contributed by atoms with Gasteiger partial charge in [-0.1, -0.05) is 24.3 Å². The molecular weight excluding hydrogens is 350 g/mol. The van der Waals surface area contributed by atoms with Crippen LogP contribution in [-0.4, -0.2) is 39.4 Å². The minimum absolute atomic E-state index is 0.129. The van der Waals surface area contributed by atoms with Gasteiger partial charge in [0.2, 0.25) is 0 Å². The monoisotopic (exact) mass is 379 g/mol. The van der Waals surface area contributed by atoms with E-state index in [1.165, 1.54) is 0 Å². The van der Waals surface area contributed by atoms with E-state index in [2.05, 4.69) is 18.1 Å². The number of hydrogen-bond acceptors (Lipinski definition) is 4. The van der Waals surface area contributed by atoms with Gasteiger partial charge < -0.3 is 15.3 Å². The number of hydrogen-bond donors (Lipinski definition) is 3. The molecule has 0 unspecified atom stereocenters. The molecule has 1 fully saturated rings. The van der Waals surface area contributed by atoms with Crippen molar-refractivity contribution in [2.24, 2.45) is 0 Å². The number of likely N-dealkylation sites (tertiary alicyclic amines) is 1. The van der Waals surface area contributed by atoms with Crippen LogP contribution in [0.4, 0.5) is 0 Å². The van der Waals surface area contributed by atoms with Crippen molar-refractivity contribution < 1.29 is 15.3 Å². The van der Waals surface area contributed by atoms with E-state index in [0.29, 0.717) is 30.5 Å². The SMILES string of the molecule is C=CCc1ccc(O)c(-c2cc(CC=C)cc(CN3CCC[C@@H]3CO)c2O)c1. The van der Waals surface area contributed by atoms with Crippen molar-refractivity contribution in [2.75, 3.05) is 13.2 Å². The molecule has 1 aliphatic heterocycles. The second-order valence-electron chi connectivity index (χ2n) is 7.44. The molecule has 2 aromatic rings. The molecule has 1 heterocycles. The highest BCUT2D eigenvalue weighted by molar-refractivity contribution is 5.78. The van der Waals surface area contributed by atoms with Gasteiger partial charge in [-0.05, 0) is 61.6 Å². The summed E-state index contributed by atoms with van der Waals surface area (Å²) in [6, 6.07) is 9.48. The topological polar surface area (TPSA) is 63.9 Å². The second-order valence-corrected chi connectivity index (χ2v) is 7.44. The van der Waals surface area contributed by atoms with E-state index in [1.54, 1.807) is 6.07 Å². The van der Waals surface area contributed by atoms with Crippen LogP contribution in [0.1, 0.15) is 29.5 Å². The summed E-state index contributed by atoms with van der Waals surface area (Å²) < 4.78 is 0. The third kappa shape index (κ3) is 4.29. The fourth-order valence-electron chi connectivity index (χ4n) is 3.99. The molecule has 3 rings (SSSR count). The van der Waals surface area contributed by atoms with Crippen LogP contribution in [0.25, 0.3) is 11.1 Å². The Labute approximate surface area is 167 Å². The Balaban J connectivity index is 2.06. The lowest BCUT2D eigenvalue weighted by Crippen LogP contribution is -2.31. The molecule has 28 heavy (non-hydrogen) atoms. The Morgan fingerprint density at radius 3 is 2.43 bits per heavy atom. The number of aliphatic hydroxyl groups is 1. The van der Waals surface area contributed by atoms with Crippen molar-refractivity contribution in [2.45, 2.75) is 38.3 Å². The van der Waals surface area contributed by atoms with Crippen molar-refractivity contribution >= 4 is 0 Å². The van der Waals surface area contributed by atoms with Gasteiger partial charge in [0.1, 0.15) is 11.5 Å². The molecule has 0 saturated carbocycles. The van der Waals surface area contributed by atoms with Crippen LogP contribution in [-0.2, 0) is 19.4 Å². The molecule has 0 aliphatic carbocycles. The highest BCUT2D eigenvalue weighted by Gasteiger charge is 2.25. The first kappa shape index (κ1) is 20.2. The Hall–Kier alpha value is -2.56. The number of aromatic hydroxyl groups is 2. The molecule has 3 N–H and O–H groups in total. The first-order valence-electron chi connectivity index (χ1n) is 9.81. The third-order valence-corrected chi connectivity index (χ3v) is 5.44. The van der Waals surface area contributed by atoms with Gasteiger partial charge in [0.05, 0.1) is 6.61 Å². The van der Waals surface area contributed by atoms with E-state index in [1.807, 2.05) is 36.4 Å². The Morgan fingerprint density at radius 1 is 1.00 bits per heavy atom. The normalized spacial score (nSPS) is 17.0. The number of aliphatic hydroxyl groups excluding tert-OH is 1. The fraction of sp³-hybridized carbons (Fsp3) is 0.333. The highest BCUT2D eigenvalue weighted by Crippen LogP contribution is 2.40. The van der Waals surface area contributed by atoms with Gasteiger partial charge >= 0.3 is 0 Å². The first-order valence-corrected chi connectivity index (χ1v) is 9.81. The van der Waals surface area contributed by atoms with Crippen LogP contribution < -0.4 is 0 Å². The van der Waals surface area contributed by atoms with Crippen LogP contribution in [0.3, 0.4) is 0 Å². The van der Waals surface area contributed by atoms with Gasteiger partial charge in [0.25, 0.3) is 0 Å². The average Bonchev–Trinajstić information content (AvgIpc) is 3.13. The molecule has 4 nitrogen and oxygen atoms in total. The average molecular weight is 380 g/mol. The Kier molecular flexibility index (Phi) is 6.55. The van der Waals surface area contributed by atoms with Gasteiger partial charge in [-0.15, -0.1) is 13.2 Å². The Bertz CT molecular complexity index is 859. The van der Waals surface area contributed by atoms with Gasteiger partial charge in [0.15, 0.2) is 0 Å². The van der Waals surface area contributed by atoms with E-state index < -0.39 is 0 Å². The molecule has 0 aromatic heterocycles. The summed E-state index contributed by atoms with van der Waals surface area (Å²) in [6.45, 7) is 9.21. The molecule has 148 valence electrons. The van der Waals surface area contributed by atoms with Gasteiger partial charge in [-0.2, -0.15) is 0 Å². The molecule has 1 aliphatic rings. The third-order valence-electron chi connectivity index (χ3n) is 5.44. The molecule has 0 radical (unpaired) electrons. The summed E-state index contributed by atoms with van der Waals surface area (Å²) >= 11 is 0. The molecule has 1 atom stereocenters. The van der Waals surface area contributed by atoms with Gasteiger partial charge in [0, 0.05) is 29.3 Å². The van der Waals surface area contributed by atoms with E-state index in [-0.39, 0.29) is 24.1 Å². The molecule has 2 aromatic carbocycles. The summed E-state index contributed by atoms with van der Waals surface area (Å²) in [6.07, 6.45) is 7.05. The zero-order valence-corrected chi connectivity index (χ0v) is 16.3. The predicted octanol–water partition coefficient (Wildman–Crippen LogP) is 4.18. The second kappa shape index (κ2) is 9.09. The lowest BCUT2D eigenvalue weighted by molar-refractivity contribution is 0.152. The van der Waals surface area contributed by atoms with Crippen LogP contribution in [0, 0.1) is 0 Å². The maximum absolute atomic E-state index is 11.1. The van der Waals surface area contributed by atoms with Crippen molar-refractivity contribution in [3.8, 4) is 22.6 Å². The van der Waals surface area contributed by atoms with Crippen LogP contribution in [0.2, 0.25) is 0 Å². The van der Waals surface area contributed by atoms with Crippen molar-refractivity contribution in [1.29, 1.82) is 0 Å². The molecule has 0 bridgehead atoms. The number of allylic oxidation sites excluding steroid dienone is 2. The van der Waals surface area contributed by atoms with Crippen LogP contribution >= 0.6 is 0 Å². The molecule has 0 spiro atoms. The summed E-state index contributed by atoms with van der Waals surface area (Å²) in [5.41, 5.74) is 4.11. The van der Waals surface area contributed by atoms with Crippen molar-refractivity contribution in [3.63, 3.8) is 0 Å². The van der Waals surface area contributed by atoms with E-state index in [0.717, 1.165) is 36.1 Å². The Morgan fingerprint density at radius 2 is 1.71 bits per heavy atom. The fourth-order valence-corrected chi connectivity index (χ4v) is 3.99. The molecule has 4 heteroatoms. The molecule has 0 amide bonds.